The first kappa shape index (κ1) is 14.8. The molecule has 0 unspecified atom stereocenters. The number of aromatic hydroxyl groups is 1. The predicted octanol–water partition coefficient (Wildman–Crippen LogP) is 4.00. The summed E-state index contributed by atoms with van der Waals surface area (Å²) in [4.78, 5) is 11.3. The van der Waals surface area contributed by atoms with Gasteiger partial charge in [-0.2, -0.15) is 0 Å². The van der Waals surface area contributed by atoms with E-state index in [0.717, 1.165) is 35.8 Å². The topological polar surface area (TPSA) is 59.7 Å². The number of hydrogen-bond acceptors (Lipinski definition) is 4. The molecule has 1 aliphatic carbocycles. The standard InChI is InChI=1S/C20H18O4/c21-18-7-1-13(11-17(18)14-2-3-14)9-10-23-16-6-4-15-5-8-20(22)24-19(15)12-16/h1,4-8,11-12,14,21H,2-3,9-10H2. The van der Waals surface area contributed by atoms with E-state index in [2.05, 4.69) is 6.07 Å². The Morgan fingerprint density at radius 3 is 2.75 bits per heavy atom. The molecule has 4 nitrogen and oxygen atoms in total. The van der Waals surface area contributed by atoms with Crippen LogP contribution in [0.3, 0.4) is 0 Å². The Morgan fingerprint density at radius 2 is 1.92 bits per heavy atom. The second kappa shape index (κ2) is 6.04. The van der Waals surface area contributed by atoms with Crippen LogP contribution in [-0.2, 0) is 6.42 Å². The normalized spacial score (nSPS) is 14.0. The average molecular weight is 322 g/mol. The van der Waals surface area contributed by atoms with Crippen molar-refractivity contribution in [1.82, 2.24) is 0 Å². The third-order valence-corrected chi connectivity index (χ3v) is 4.36. The van der Waals surface area contributed by atoms with Crippen molar-refractivity contribution in [2.24, 2.45) is 0 Å². The molecule has 1 N–H and O–H groups in total. The van der Waals surface area contributed by atoms with Crippen molar-refractivity contribution < 1.29 is 14.3 Å². The van der Waals surface area contributed by atoms with Crippen molar-refractivity contribution in [3.8, 4) is 11.5 Å². The molecule has 122 valence electrons. The van der Waals surface area contributed by atoms with E-state index >= 15 is 0 Å². The smallest absolute Gasteiger partial charge is 0.336 e. The minimum absolute atomic E-state index is 0.364. The van der Waals surface area contributed by atoms with Gasteiger partial charge < -0.3 is 14.3 Å². The van der Waals surface area contributed by atoms with Gasteiger partial charge in [0.25, 0.3) is 0 Å². The van der Waals surface area contributed by atoms with Crippen LogP contribution in [0, 0.1) is 0 Å². The van der Waals surface area contributed by atoms with Crippen molar-refractivity contribution in [2.75, 3.05) is 6.61 Å². The molecule has 0 saturated heterocycles. The fourth-order valence-corrected chi connectivity index (χ4v) is 2.90. The summed E-state index contributed by atoms with van der Waals surface area (Å²) in [5, 5.41) is 10.8. The molecule has 1 heterocycles. The predicted molar refractivity (Wildman–Crippen MR) is 91.8 cm³/mol. The summed E-state index contributed by atoms with van der Waals surface area (Å²) in [7, 11) is 0. The summed E-state index contributed by atoms with van der Waals surface area (Å²) in [5.74, 6) is 1.60. The molecule has 4 heteroatoms. The molecule has 0 amide bonds. The number of fused-ring (bicyclic) bond motifs is 1. The van der Waals surface area contributed by atoms with E-state index in [1.807, 2.05) is 18.2 Å². The van der Waals surface area contributed by atoms with Gasteiger partial charge in [-0.25, -0.2) is 4.79 Å². The minimum Gasteiger partial charge on any atom is -0.508 e. The zero-order valence-corrected chi connectivity index (χ0v) is 13.2. The molecular formula is C20H18O4. The molecule has 2 aromatic carbocycles. The van der Waals surface area contributed by atoms with Crippen LogP contribution in [0.25, 0.3) is 11.0 Å². The van der Waals surface area contributed by atoms with Gasteiger partial charge in [-0.15, -0.1) is 0 Å². The molecule has 0 radical (unpaired) electrons. The summed E-state index contributed by atoms with van der Waals surface area (Å²) >= 11 is 0. The van der Waals surface area contributed by atoms with E-state index < -0.39 is 0 Å². The Hall–Kier alpha value is -2.75. The Bertz CT molecular complexity index is 938. The summed E-state index contributed by atoms with van der Waals surface area (Å²) in [6, 6.07) is 14.4. The van der Waals surface area contributed by atoms with Gasteiger partial charge in [-0.1, -0.05) is 12.1 Å². The Morgan fingerprint density at radius 1 is 1.08 bits per heavy atom. The highest BCUT2D eigenvalue weighted by Crippen LogP contribution is 2.44. The molecule has 0 bridgehead atoms. The van der Waals surface area contributed by atoms with Crippen LogP contribution in [0.4, 0.5) is 0 Å². The number of benzene rings is 2. The lowest BCUT2D eigenvalue weighted by Gasteiger charge is -2.09. The quantitative estimate of drug-likeness (QED) is 0.721. The van der Waals surface area contributed by atoms with Crippen LogP contribution in [0.1, 0.15) is 29.9 Å². The zero-order valence-electron chi connectivity index (χ0n) is 13.2. The molecule has 0 aliphatic heterocycles. The van der Waals surface area contributed by atoms with E-state index in [-0.39, 0.29) is 5.63 Å². The molecular weight excluding hydrogens is 304 g/mol. The van der Waals surface area contributed by atoms with Crippen molar-refractivity contribution in [1.29, 1.82) is 0 Å². The number of ether oxygens (including phenoxy) is 1. The monoisotopic (exact) mass is 322 g/mol. The van der Waals surface area contributed by atoms with E-state index in [0.29, 0.717) is 29.6 Å². The molecule has 0 atom stereocenters. The maximum atomic E-state index is 11.3. The van der Waals surface area contributed by atoms with Crippen LogP contribution in [0.5, 0.6) is 11.5 Å². The van der Waals surface area contributed by atoms with Crippen molar-refractivity contribution in [2.45, 2.75) is 25.2 Å². The lowest BCUT2D eigenvalue weighted by molar-refractivity contribution is 0.321. The average Bonchev–Trinajstić information content (AvgIpc) is 3.41. The Labute approximate surface area is 139 Å². The van der Waals surface area contributed by atoms with Gasteiger partial charge in [0.05, 0.1) is 6.61 Å². The lowest BCUT2D eigenvalue weighted by Crippen LogP contribution is -2.02. The van der Waals surface area contributed by atoms with Gasteiger partial charge in [0, 0.05) is 23.9 Å². The zero-order chi connectivity index (χ0) is 16.5. The van der Waals surface area contributed by atoms with Crippen LogP contribution in [0.2, 0.25) is 0 Å². The second-order valence-electron chi connectivity index (χ2n) is 6.22. The molecule has 3 aromatic rings. The molecule has 4 rings (SSSR count). The maximum Gasteiger partial charge on any atom is 0.336 e. The first-order chi connectivity index (χ1) is 11.7. The largest absolute Gasteiger partial charge is 0.508 e. The third kappa shape index (κ3) is 3.13. The second-order valence-corrected chi connectivity index (χ2v) is 6.22. The molecule has 1 aromatic heterocycles. The number of rotatable bonds is 5. The fourth-order valence-electron chi connectivity index (χ4n) is 2.90. The summed E-state index contributed by atoms with van der Waals surface area (Å²) < 4.78 is 10.9. The van der Waals surface area contributed by atoms with E-state index in [1.54, 1.807) is 18.2 Å². The van der Waals surface area contributed by atoms with Gasteiger partial charge in [0.15, 0.2) is 0 Å². The Kier molecular flexibility index (Phi) is 3.73. The highest BCUT2D eigenvalue weighted by molar-refractivity contribution is 5.77. The molecule has 0 spiro atoms. The fraction of sp³-hybridized carbons (Fsp3) is 0.250. The summed E-state index contributed by atoms with van der Waals surface area (Å²) in [6.45, 7) is 0.525. The maximum absolute atomic E-state index is 11.3. The van der Waals surface area contributed by atoms with E-state index in [9.17, 15) is 9.90 Å². The highest BCUT2D eigenvalue weighted by Gasteiger charge is 2.26. The number of phenols is 1. The van der Waals surface area contributed by atoms with Crippen LogP contribution >= 0.6 is 0 Å². The first-order valence-corrected chi connectivity index (χ1v) is 8.17. The van der Waals surface area contributed by atoms with E-state index in [4.69, 9.17) is 9.15 Å². The summed E-state index contributed by atoms with van der Waals surface area (Å²) in [5.41, 5.74) is 2.37. The van der Waals surface area contributed by atoms with Gasteiger partial charge >= 0.3 is 5.63 Å². The van der Waals surface area contributed by atoms with E-state index in [1.165, 1.54) is 6.07 Å². The van der Waals surface area contributed by atoms with Crippen molar-refractivity contribution >= 4 is 11.0 Å². The number of phenolic OH excluding ortho intramolecular Hbond substituents is 1. The highest BCUT2D eigenvalue weighted by atomic mass is 16.5. The van der Waals surface area contributed by atoms with Crippen LogP contribution in [-0.4, -0.2) is 11.7 Å². The first-order valence-electron chi connectivity index (χ1n) is 8.17. The van der Waals surface area contributed by atoms with Crippen molar-refractivity contribution in [3.05, 3.63) is 70.1 Å². The Balaban J connectivity index is 1.43. The minimum atomic E-state index is -0.364. The SMILES string of the molecule is O=c1ccc2ccc(OCCc3ccc(O)c(C4CC4)c3)cc2o1. The van der Waals surface area contributed by atoms with Crippen LogP contribution in [0.15, 0.2) is 57.7 Å². The molecule has 1 aliphatic rings. The van der Waals surface area contributed by atoms with Gasteiger partial charge in [-0.3, -0.25) is 0 Å². The van der Waals surface area contributed by atoms with Gasteiger partial charge in [0.2, 0.25) is 0 Å². The molecule has 24 heavy (non-hydrogen) atoms. The van der Waals surface area contributed by atoms with Crippen LogP contribution < -0.4 is 10.4 Å². The number of hydrogen-bond donors (Lipinski definition) is 1. The van der Waals surface area contributed by atoms with Crippen molar-refractivity contribution in [3.63, 3.8) is 0 Å². The lowest BCUT2D eigenvalue weighted by atomic mass is 10.0. The van der Waals surface area contributed by atoms with Gasteiger partial charge in [-0.05, 0) is 54.2 Å². The summed E-state index contributed by atoms with van der Waals surface area (Å²) in [6.07, 6.45) is 3.09. The molecule has 1 saturated carbocycles. The third-order valence-electron chi connectivity index (χ3n) is 4.36. The molecule has 1 fully saturated rings. The van der Waals surface area contributed by atoms with Gasteiger partial charge in [0.1, 0.15) is 17.1 Å².